The lowest BCUT2D eigenvalue weighted by molar-refractivity contribution is -0.122. The normalized spacial score (nSPS) is 41.8. The standard InChI is InChI=1S/C22H28N2OS/c1-21-9-7-14(25)11-13(21)3-4-15-16-5-6-18(19-12-26-20(23)24-19)22(16,2)10-8-17(15)21/h3,6,12,15-17H,4-5,7-11H2,1-2H3,(H2,23,24). The maximum atomic E-state index is 12.0. The van der Waals surface area contributed by atoms with Gasteiger partial charge in [0.25, 0.3) is 0 Å². The van der Waals surface area contributed by atoms with Gasteiger partial charge in [0.05, 0.1) is 5.69 Å². The van der Waals surface area contributed by atoms with Gasteiger partial charge in [-0.3, -0.25) is 4.79 Å². The van der Waals surface area contributed by atoms with Crippen molar-refractivity contribution in [1.82, 2.24) is 4.98 Å². The molecule has 4 heteroatoms. The average Bonchev–Trinajstić information content (AvgIpc) is 3.18. The van der Waals surface area contributed by atoms with Crippen LogP contribution in [0.4, 0.5) is 5.13 Å². The summed E-state index contributed by atoms with van der Waals surface area (Å²) in [7, 11) is 0. The van der Waals surface area contributed by atoms with Gasteiger partial charge >= 0.3 is 0 Å². The number of Topliss-reactive ketones (excluding diaryl/α,β-unsaturated/α-hetero) is 1. The zero-order valence-electron chi connectivity index (χ0n) is 15.8. The Labute approximate surface area is 159 Å². The van der Waals surface area contributed by atoms with Crippen molar-refractivity contribution < 1.29 is 4.79 Å². The maximum absolute atomic E-state index is 12.0. The summed E-state index contributed by atoms with van der Waals surface area (Å²) in [5, 5.41) is 2.81. The molecule has 0 radical (unpaired) electrons. The van der Waals surface area contributed by atoms with Gasteiger partial charge in [0.1, 0.15) is 5.78 Å². The summed E-state index contributed by atoms with van der Waals surface area (Å²) < 4.78 is 0. The molecule has 1 heterocycles. The van der Waals surface area contributed by atoms with Crippen LogP contribution in [0.15, 0.2) is 23.1 Å². The molecule has 5 atom stereocenters. The zero-order chi connectivity index (χ0) is 18.1. The quantitative estimate of drug-likeness (QED) is 0.689. The number of hydrogen-bond donors (Lipinski definition) is 1. The molecule has 0 spiro atoms. The Balaban J connectivity index is 1.48. The van der Waals surface area contributed by atoms with E-state index in [9.17, 15) is 4.79 Å². The fraction of sp³-hybridized carbons (Fsp3) is 0.636. The van der Waals surface area contributed by atoms with E-state index in [0.717, 1.165) is 36.8 Å². The summed E-state index contributed by atoms with van der Waals surface area (Å²) in [6, 6.07) is 0. The number of nitrogens with zero attached hydrogens (tertiary/aromatic N) is 1. The molecule has 138 valence electrons. The number of aromatic nitrogens is 1. The van der Waals surface area contributed by atoms with Crippen LogP contribution in [0.3, 0.4) is 0 Å². The van der Waals surface area contributed by atoms with E-state index in [4.69, 9.17) is 5.73 Å². The molecule has 3 nitrogen and oxygen atoms in total. The van der Waals surface area contributed by atoms with Gasteiger partial charge in [0.2, 0.25) is 0 Å². The molecular weight excluding hydrogens is 340 g/mol. The minimum absolute atomic E-state index is 0.230. The number of carbonyl (C=O) groups excluding carboxylic acids is 1. The third-order valence-corrected chi connectivity index (χ3v) is 8.99. The number of fused-ring (bicyclic) bond motifs is 5. The summed E-state index contributed by atoms with van der Waals surface area (Å²) in [6.45, 7) is 4.92. The molecule has 4 aliphatic rings. The van der Waals surface area contributed by atoms with Crippen molar-refractivity contribution in [3.8, 4) is 0 Å². The van der Waals surface area contributed by atoms with Crippen LogP contribution in [-0.4, -0.2) is 10.8 Å². The Bertz CT molecular complexity index is 837. The van der Waals surface area contributed by atoms with Gasteiger partial charge in [0.15, 0.2) is 5.13 Å². The van der Waals surface area contributed by atoms with E-state index < -0.39 is 0 Å². The molecule has 2 saturated carbocycles. The molecule has 0 amide bonds. The lowest BCUT2D eigenvalue weighted by Crippen LogP contribution is -2.49. The number of rotatable bonds is 1. The van der Waals surface area contributed by atoms with Gasteiger partial charge in [-0.2, -0.15) is 0 Å². The molecule has 1 aromatic rings. The molecule has 0 aromatic carbocycles. The molecule has 2 fully saturated rings. The van der Waals surface area contributed by atoms with Crippen molar-refractivity contribution in [2.45, 2.75) is 58.8 Å². The van der Waals surface area contributed by atoms with E-state index in [1.807, 2.05) is 0 Å². The van der Waals surface area contributed by atoms with Crippen LogP contribution in [0.5, 0.6) is 0 Å². The van der Waals surface area contributed by atoms with Crippen molar-refractivity contribution in [3.63, 3.8) is 0 Å². The Morgan fingerprint density at radius 3 is 2.77 bits per heavy atom. The number of ketones is 1. The van der Waals surface area contributed by atoms with Gasteiger partial charge in [-0.1, -0.05) is 31.6 Å². The number of allylic oxidation sites excluding steroid dienone is 4. The molecule has 0 aliphatic heterocycles. The fourth-order valence-electron chi connectivity index (χ4n) is 6.85. The highest BCUT2D eigenvalue weighted by Gasteiger charge is 2.57. The van der Waals surface area contributed by atoms with E-state index in [-0.39, 0.29) is 10.8 Å². The van der Waals surface area contributed by atoms with Crippen LogP contribution in [-0.2, 0) is 4.79 Å². The first-order valence-electron chi connectivity index (χ1n) is 10.0. The van der Waals surface area contributed by atoms with Crippen LogP contribution in [0.1, 0.15) is 64.5 Å². The second kappa shape index (κ2) is 5.54. The SMILES string of the molecule is CC12CCC(=O)CC1=CCC1C2CCC2(C)C(c3csc(N)n3)=CCC12. The minimum Gasteiger partial charge on any atom is -0.375 e. The molecule has 0 bridgehead atoms. The number of thiazole rings is 1. The van der Waals surface area contributed by atoms with Gasteiger partial charge in [-0.05, 0) is 66.3 Å². The van der Waals surface area contributed by atoms with Crippen LogP contribution < -0.4 is 5.73 Å². The molecule has 4 aliphatic carbocycles. The number of nitrogen functional groups attached to an aromatic ring is 1. The molecule has 1 aromatic heterocycles. The van der Waals surface area contributed by atoms with Crippen molar-refractivity contribution in [2.75, 3.05) is 5.73 Å². The van der Waals surface area contributed by atoms with Crippen molar-refractivity contribution in [2.24, 2.45) is 28.6 Å². The van der Waals surface area contributed by atoms with Crippen LogP contribution in [0.25, 0.3) is 5.57 Å². The lowest BCUT2D eigenvalue weighted by atomic mass is 9.47. The first kappa shape index (κ1) is 16.7. The van der Waals surface area contributed by atoms with Crippen LogP contribution >= 0.6 is 11.3 Å². The Kier molecular flexibility index (Phi) is 3.57. The lowest BCUT2D eigenvalue weighted by Gasteiger charge is -2.57. The topological polar surface area (TPSA) is 56.0 Å². The summed E-state index contributed by atoms with van der Waals surface area (Å²) in [6.07, 6.45) is 12.3. The number of nitrogens with two attached hydrogens (primary N) is 1. The van der Waals surface area contributed by atoms with E-state index in [2.05, 4.69) is 36.4 Å². The molecule has 2 N–H and O–H groups in total. The highest BCUT2D eigenvalue weighted by molar-refractivity contribution is 7.13. The molecule has 26 heavy (non-hydrogen) atoms. The van der Waals surface area contributed by atoms with Crippen LogP contribution in [0, 0.1) is 28.6 Å². The van der Waals surface area contributed by atoms with Crippen molar-refractivity contribution in [1.29, 1.82) is 0 Å². The van der Waals surface area contributed by atoms with E-state index >= 15 is 0 Å². The average molecular weight is 369 g/mol. The minimum atomic E-state index is 0.230. The third kappa shape index (κ3) is 2.17. The summed E-state index contributed by atoms with van der Waals surface area (Å²) in [4.78, 5) is 16.6. The first-order chi connectivity index (χ1) is 12.4. The summed E-state index contributed by atoms with van der Waals surface area (Å²) >= 11 is 1.55. The molecular formula is C22H28N2OS. The van der Waals surface area contributed by atoms with Gasteiger partial charge in [-0.25, -0.2) is 4.98 Å². The van der Waals surface area contributed by atoms with E-state index in [1.165, 1.54) is 30.4 Å². The second-order valence-corrected chi connectivity index (χ2v) is 10.2. The van der Waals surface area contributed by atoms with Crippen molar-refractivity contribution >= 4 is 27.8 Å². The number of carbonyl (C=O) groups is 1. The maximum Gasteiger partial charge on any atom is 0.180 e. The summed E-state index contributed by atoms with van der Waals surface area (Å²) in [5.74, 6) is 2.62. The number of anilines is 1. The molecule has 0 saturated heterocycles. The molecule has 5 unspecified atom stereocenters. The first-order valence-corrected chi connectivity index (χ1v) is 10.9. The van der Waals surface area contributed by atoms with E-state index in [0.29, 0.717) is 23.3 Å². The Morgan fingerprint density at radius 1 is 1.15 bits per heavy atom. The van der Waals surface area contributed by atoms with Gasteiger partial charge in [-0.15, -0.1) is 11.3 Å². The predicted octanol–water partition coefficient (Wildman–Crippen LogP) is 5.25. The van der Waals surface area contributed by atoms with Gasteiger partial charge in [0, 0.05) is 18.2 Å². The largest absolute Gasteiger partial charge is 0.375 e. The highest BCUT2D eigenvalue weighted by atomic mass is 32.1. The predicted molar refractivity (Wildman–Crippen MR) is 107 cm³/mol. The van der Waals surface area contributed by atoms with Crippen LogP contribution in [0.2, 0.25) is 0 Å². The third-order valence-electron chi connectivity index (χ3n) is 8.31. The smallest absolute Gasteiger partial charge is 0.180 e. The zero-order valence-corrected chi connectivity index (χ0v) is 16.6. The Morgan fingerprint density at radius 2 is 2.00 bits per heavy atom. The molecule has 5 rings (SSSR count). The summed E-state index contributed by atoms with van der Waals surface area (Å²) in [5.41, 5.74) is 10.4. The highest BCUT2D eigenvalue weighted by Crippen LogP contribution is 2.66. The monoisotopic (exact) mass is 368 g/mol. The fourth-order valence-corrected chi connectivity index (χ4v) is 7.42. The second-order valence-electron chi connectivity index (χ2n) is 9.36. The van der Waals surface area contributed by atoms with E-state index in [1.54, 1.807) is 11.3 Å². The number of hydrogen-bond acceptors (Lipinski definition) is 4. The Hall–Kier alpha value is -1.42. The van der Waals surface area contributed by atoms with Gasteiger partial charge < -0.3 is 5.73 Å². The van der Waals surface area contributed by atoms with Crippen molar-refractivity contribution in [3.05, 3.63) is 28.8 Å².